The van der Waals surface area contributed by atoms with E-state index in [2.05, 4.69) is 42.2 Å². The highest BCUT2D eigenvalue weighted by molar-refractivity contribution is 6.32. The van der Waals surface area contributed by atoms with Gasteiger partial charge in [0.05, 0.1) is 16.9 Å². The first kappa shape index (κ1) is 16.5. The second-order valence-electron chi connectivity index (χ2n) is 7.27. The lowest BCUT2D eigenvalue weighted by molar-refractivity contribution is 0.200. The van der Waals surface area contributed by atoms with Gasteiger partial charge in [-0.2, -0.15) is 0 Å². The third-order valence-electron chi connectivity index (χ3n) is 5.03. The Kier molecular flexibility index (Phi) is 4.45. The Hall–Kier alpha value is -1.97. The molecule has 1 fully saturated rings. The molecule has 0 atom stereocenters. The maximum Gasteiger partial charge on any atom is 0.0893 e. The van der Waals surface area contributed by atoms with E-state index in [4.69, 9.17) is 16.6 Å². The van der Waals surface area contributed by atoms with Crippen molar-refractivity contribution in [3.63, 3.8) is 0 Å². The molecule has 0 aliphatic heterocycles. The number of hydrogen-bond donors (Lipinski definition) is 0. The van der Waals surface area contributed by atoms with Gasteiger partial charge in [-0.25, -0.2) is 4.98 Å². The Bertz CT molecular complexity index is 886. The van der Waals surface area contributed by atoms with Gasteiger partial charge in [-0.1, -0.05) is 23.7 Å². The Balaban J connectivity index is 1.64. The monoisotopic (exact) mass is 351 g/mol. The predicted octanol–water partition coefficient (Wildman–Crippen LogP) is 5.01. The number of hydrogen-bond acceptors (Lipinski definition) is 3. The van der Waals surface area contributed by atoms with Crippen LogP contribution in [0.25, 0.3) is 22.3 Å². The highest BCUT2D eigenvalue weighted by Gasteiger charge is 2.32. The molecule has 0 spiro atoms. The molecule has 4 rings (SSSR count). The maximum atomic E-state index is 6.57. The van der Waals surface area contributed by atoms with Crippen LogP contribution in [0.15, 0.2) is 48.7 Å². The van der Waals surface area contributed by atoms with Gasteiger partial charge < -0.3 is 4.90 Å². The summed E-state index contributed by atoms with van der Waals surface area (Å²) in [5, 5.41) is 1.95. The van der Waals surface area contributed by atoms with Crippen LogP contribution < -0.4 is 0 Å². The smallest absolute Gasteiger partial charge is 0.0893 e. The lowest BCUT2D eigenvalue weighted by atomic mass is 9.71. The van der Waals surface area contributed by atoms with Gasteiger partial charge in [0.25, 0.3) is 0 Å². The average molecular weight is 352 g/mol. The number of aromatic nitrogens is 2. The minimum Gasteiger partial charge on any atom is -0.309 e. The summed E-state index contributed by atoms with van der Waals surface area (Å²) in [6, 6.07) is 14.2. The predicted molar refractivity (Wildman–Crippen MR) is 104 cm³/mol. The molecule has 0 unspecified atom stereocenters. The molecule has 1 aliphatic carbocycles. The number of pyridine rings is 2. The van der Waals surface area contributed by atoms with Crippen molar-refractivity contribution in [1.29, 1.82) is 0 Å². The van der Waals surface area contributed by atoms with Gasteiger partial charge in [0.1, 0.15) is 0 Å². The molecule has 0 amide bonds. The summed E-state index contributed by atoms with van der Waals surface area (Å²) in [4.78, 5) is 11.5. The molecule has 1 aromatic carbocycles. The molecule has 1 aliphatic rings. The van der Waals surface area contributed by atoms with Gasteiger partial charge in [0, 0.05) is 23.2 Å². The Morgan fingerprint density at radius 2 is 1.92 bits per heavy atom. The summed E-state index contributed by atoms with van der Waals surface area (Å²) in [6.07, 6.45) is 4.22. The summed E-state index contributed by atoms with van der Waals surface area (Å²) >= 11 is 6.57. The van der Waals surface area contributed by atoms with E-state index >= 15 is 0 Å². The molecule has 0 bridgehead atoms. The lowest BCUT2D eigenvalue weighted by Gasteiger charge is -2.37. The second-order valence-corrected chi connectivity index (χ2v) is 7.68. The lowest BCUT2D eigenvalue weighted by Crippen LogP contribution is -2.31. The number of rotatable bonds is 4. The van der Waals surface area contributed by atoms with Crippen LogP contribution in [0.2, 0.25) is 5.02 Å². The van der Waals surface area contributed by atoms with Crippen LogP contribution in [-0.4, -0.2) is 35.5 Å². The van der Waals surface area contributed by atoms with Gasteiger partial charge in [-0.15, -0.1) is 0 Å². The summed E-state index contributed by atoms with van der Waals surface area (Å²) in [7, 11) is 4.28. The van der Waals surface area contributed by atoms with Gasteiger partial charge in [0.2, 0.25) is 0 Å². The normalized spacial score (nSPS) is 20.0. The van der Waals surface area contributed by atoms with Crippen molar-refractivity contribution in [1.82, 2.24) is 14.9 Å². The summed E-state index contributed by atoms with van der Waals surface area (Å²) in [5.74, 6) is 1.33. The van der Waals surface area contributed by atoms with Gasteiger partial charge in [-0.05, 0) is 74.7 Å². The van der Waals surface area contributed by atoms with Gasteiger partial charge in [-0.3, -0.25) is 4.98 Å². The van der Waals surface area contributed by atoms with Crippen LogP contribution in [-0.2, 0) is 0 Å². The highest BCUT2D eigenvalue weighted by Crippen LogP contribution is 2.45. The number of benzene rings is 1. The molecule has 3 nitrogen and oxygen atoms in total. The zero-order valence-corrected chi connectivity index (χ0v) is 15.4. The van der Waals surface area contributed by atoms with Crippen LogP contribution in [0.1, 0.15) is 24.3 Å². The third-order valence-corrected chi connectivity index (χ3v) is 5.36. The first-order valence-corrected chi connectivity index (χ1v) is 9.14. The zero-order chi connectivity index (χ0) is 17.4. The molecule has 2 aromatic heterocycles. The molecule has 1 saturated carbocycles. The van der Waals surface area contributed by atoms with E-state index in [9.17, 15) is 0 Å². The van der Waals surface area contributed by atoms with E-state index in [0.29, 0.717) is 5.92 Å². The zero-order valence-electron chi connectivity index (χ0n) is 14.6. The van der Waals surface area contributed by atoms with E-state index in [0.717, 1.165) is 39.8 Å². The van der Waals surface area contributed by atoms with E-state index < -0.39 is 0 Å². The summed E-state index contributed by atoms with van der Waals surface area (Å²) in [6.45, 7) is 1.16. The average Bonchev–Trinajstić information content (AvgIpc) is 2.58. The molecular weight excluding hydrogens is 330 g/mol. The molecule has 0 N–H and O–H groups in total. The standard InChI is InChI=1S/C21H22ClN3/c1-25(2)13-14-9-16(10-14)17-12-21-15(11-18(17)22)6-7-20(24-21)19-5-3-4-8-23-19/h3-8,11-12,14,16H,9-10,13H2,1-2H3. The Morgan fingerprint density at radius 1 is 1.08 bits per heavy atom. The molecule has 4 heteroatoms. The fourth-order valence-corrected chi connectivity index (χ4v) is 4.11. The molecule has 25 heavy (non-hydrogen) atoms. The van der Waals surface area contributed by atoms with Crippen molar-refractivity contribution < 1.29 is 0 Å². The van der Waals surface area contributed by atoms with Crippen LogP contribution in [0.5, 0.6) is 0 Å². The summed E-state index contributed by atoms with van der Waals surface area (Å²) in [5.41, 5.74) is 4.05. The highest BCUT2D eigenvalue weighted by atomic mass is 35.5. The summed E-state index contributed by atoms with van der Waals surface area (Å²) < 4.78 is 0. The fraction of sp³-hybridized carbons (Fsp3) is 0.333. The topological polar surface area (TPSA) is 29.0 Å². The SMILES string of the molecule is CN(C)CC1CC(c2cc3nc(-c4ccccn4)ccc3cc2Cl)C1. The van der Waals surface area contributed by atoms with Crippen molar-refractivity contribution in [2.24, 2.45) is 5.92 Å². The van der Waals surface area contributed by atoms with Crippen LogP contribution in [0, 0.1) is 5.92 Å². The van der Waals surface area contributed by atoms with Crippen LogP contribution >= 0.6 is 11.6 Å². The first-order valence-electron chi connectivity index (χ1n) is 8.76. The number of nitrogens with zero attached hydrogens (tertiary/aromatic N) is 3. The van der Waals surface area contributed by atoms with Crippen LogP contribution in [0.4, 0.5) is 0 Å². The van der Waals surface area contributed by atoms with Crippen LogP contribution in [0.3, 0.4) is 0 Å². The molecule has 0 radical (unpaired) electrons. The number of halogens is 1. The second kappa shape index (κ2) is 6.74. The van der Waals surface area contributed by atoms with Gasteiger partial charge >= 0.3 is 0 Å². The van der Waals surface area contributed by atoms with Gasteiger partial charge in [0.15, 0.2) is 0 Å². The van der Waals surface area contributed by atoms with Crippen molar-refractivity contribution >= 4 is 22.5 Å². The van der Waals surface area contributed by atoms with Crippen molar-refractivity contribution in [2.45, 2.75) is 18.8 Å². The molecule has 2 heterocycles. The largest absolute Gasteiger partial charge is 0.309 e. The minimum absolute atomic E-state index is 0.558. The third kappa shape index (κ3) is 3.39. The van der Waals surface area contributed by atoms with Crippen molar-refractivity contribution in [3.8, 4) is 11.4 Å². The van der Waals surface area contributed by atoms with E-state index in [1.165, 1.54) is 18.4 Å². The Morgan fingerprint density at radius 3 is 2.64 bits per heavy atom. The molecule has 128 valence electrons. The molecule has 0 saturated heterocycles. The number of fused-ring (bicyclic) bond motifs is 1. The fourth-order valence-electron chi connectivity index (χ4n) is 3.78. The molecular formula is C21H22ClN3. The van der Waals surface area contributed by atoms with E-state index in [1.54, 1.807) is 6.20 Å². The minimum atomic E-state index is 0.558. The van der Waals surface area contributed by atoms with Crippen molar-refractivity contribution in [2.75, 3.05) is 20.6 Å². The Labute approximate surface area is 153 Å². The van der Waals surface area contributed by atoms with E-state index in [1.807, 2.05) is 24.3 Å². The molecule has 3 aromatic rings. The van der Waals surface area contributed by atoms with Crippen molar-refractivity contribution in [3.05, 3.63) is 59.2 Å². The quantitative estimate of drug-likeness (QED) is 0.662. The maximum absolute atomic E-state index is 6.57. The first-order chi connectivity index (χ1) is 12.1. The van der Waals surface area contributed by atoms with E-state index in [-0.39, 0.29) is 0 Å².